The number of carbonyl (C=O) groups is 1. The quantitative estimate of drug-likeness (QED) is 0.901. The zero-order valence-electron chi connectivity index (χ0n) is 15.5. The van der Waals surface area contributed by atoms with E-state index in [-0.39, 0.29) is 23.1 Å². The third kappa shape index (κ3) is 2.81. The van der Waals surface area contributed by atoms with Crippen LogP contribution in [0, 0.1) is 13.8 Å². The number of likely N-dealkylation sites (tertiary alicyclic amines) is 1. The summed E-state index contributed by atoms with van der Waals surface area (Å²) in [6, 6.07) is 1.72. The number of carbonyl (C=O) groups excluding carboxylic acids is 1. The van der Waals surface area contributed by atoms with E-state index < -0.39 is 11.7 Å². The molecule has 6 heteroatoms. The molecule has 1 aromatic heterocycles. The lowest BCUT2D eigenvalue weighted by Crippen LogP contribution is -2.53. The summed E-state index contributed by atoms with van der Waals surface area (Å²) < 4.78 is 7.44. The number of pyridine rings is 1. The fourth-order valence-electron chi connectivity index (χ4n) is 4.64. The van der Waals surface area contributed by atoms with Crippen LogP contribution in [-0.2, 0) is 11.3 Å². The van der Waals surface area contributed by atoms with Gasteiger partial charge >= 0.3 is 0 Å². The minimum atomic E-state index is -0.423. The smallest absolute Gasteiger partial charge is 0.263 e. The lowest BCUT2D eigenvalue weighted by atomic mass is 9.79. The van der Waals surface area contributed by atoms with Gasteiger partial charge in [-0.15, -0.1) is 0 Å². The average molecular weight is 348 g/mol. The number of ether oxygens (including phenoxy) is 1. The molecule has 1 saturated carbocycles. The van der Waals surface area contributed by atoms with Crippen LogP contribution >= 0.6 is 0 Å². The minimum absolute atomic E-state index is 0.177. The summed E-state index contributed by atoms with van der Waals surface area (Å²) in [7, 11) is 1.68. The van der Waals surface area contributed by atoms with E-state index in [1.807, 2.05) is 26.8 Å². The van der Waals surface area contributed by atoms with Gasteiger partial charge in [0.15, 0.2) is 0 Å². The Morgan fingerprint density at radius 2 is 2.12 bits per heavy atom. The molecular formula is C19H28N2O4. The number of nitrogens with zero attached hydrogens (tertiary/aromatic N) is 2. The summed E-state index contributed by atoms with van der Waals surface area (Å²) in [6.45, 7) is 6.70. The van der Waals surface area contributed by atoms with Crippen molar-refractivity contribution in [1.82, 2.24) is 9.47 Å². The number of aryl methyl sites for hydroxylation is 2. The number of aliphatic hydroxyl groups excluding tert-OH is 1. The van der Waals surface area contributed by atoms with Crippen LogP contribution in [0.15, 0.2) is 10.9 Å². The zero-order valence-corrected chi connectivity index (χ0v) is 15.5. The molecule has 138 valence electrons. The van der Waals surface area contributed by atoms with Crippen LogP contribution in [0.3, 0.4) is 0 Å². The first-order chi connectivity index (χ1) is 11.8. The molecule has 25 heavy (non-hydrogen) atoms. The molecule has 0 unspecified atom stereocenters. The van der Waals surface area contributed by atoms with Crippen LogP contribution in [0.1, 0.15) is 54.2 Å². The van der Waals surface area contributed by atoms with Crippen molar-refractivity contribution in [3.8, 4) is 0 Å². The number of aliphatic hydroxyl groups is 1. The van der Waals surface area contributed by atoms with E-state index in [0.29, 0.717) is 31.5 Å². The van der Waals surface area contributed by atoms with Crippen LogP contribution in [0.5, 0.6) is 0 Å². The Morgan fingerprint density at radius 1 is 1.40 bits per heavy atom. The highest BCUT2D eigenvalue weighted by molar-refractivity contribution is 5.96. The molecule has 1 aliphatic carbocycles. The number of amides is 1. The Morgan fingerprint density at radius 3 is 2.76 bits per heavy atom. The van der Waals surface area contributed by atoms with Crippen LogP contribution in [-0.4, -0.2) is 51.9 Å². The van der Waals surface area contributed by atoms with Crippen molar-refractivity contribution in [3.63, 3.8) is 0 Å². The molecule has 3 rings (SSSR count). The molecule has 1 N–H and O–H groups in total. The topological polar surface area (TPSA) is 71.8 Å². The van der Waals surface area contributed by atoms with Crippen LogP contribution in [0.4, 0.5) is 0 Å². The van der Waals surface area contributed by atoms with Crippen molar-refractivity contribution in [1.29, 1.82) is 0 Å². The van der Waals surface area contributed by atoms with Crippen LogP contribution < -0.4 is 5.56 Å². The van der Waals surface area contributed by atoms with Gasteiger partial charge in [0, 0.05) is 25.9 Å². The van der Waals surface area contributed by atoms with Gasteiger partial charge in [0.05, 0.1) is 17.7 Å². The van der Waals surface area contributed by atoms with E-state index in [2.05, 4.69) is 0 Å². The lowest BCUT2D eigenvalue weighted by molar-refractivity contribution is -0.0824. The van der Waals surface area contributed by atoms with E-state index in [1.165, 1.54) is 0 Å². The predicted molar refractivity (Wildman–Crippen MR) is 94.9 cm³/mol. The van der Waals surface area contributed by atoms with Crippen molar-refractivity contribution < 1.29 is 14.6 Å². The number of fused-ring (bicyclic) bond motifs is 1. The molecule has 1 aromatic rings. The van der Waals surface area contributed by atoms with Crippen LogP contribution in [0.2, 0.25) is 0 Å². The Labute approximate surface area is 148 Å². The van der Waals surface area contributed by atoms with Crippen molar-refractivity contribution >= 4 is 5.91 Å². The summed E-state index contributed by atoms with van der Waals surface area (Å²) in [5.41, 5.74) is 1.21. The number of rotatable bonds is 3. The van der Waals surface area contributed by atoms with Crippen LogP contribution in [0.25, 0.3) is 0 Å². The third-order valence-corrected chi connectivity index (χ3v) is 6.06. The number of methoxy groups -OCH3 is 1. The number of hydrogen-bond acceptors (Lipinski definition) is 4. The molecule has 2 heterocycles. The molecule has 2 aliphatic rings. The number of aromatic nitrogens is 1. The second-order valence-corrected chi connectivity index (χ2v) is 7.35. The minimum Gasteiger partial charge on any atom is -0.393 e. The van der Waals surface area contributed by atoms with Crippen molar-refractivity contribution in [3.05, 3.63) is 33.2 Å². The van der Waals surface area contributed by atoms with Crippen molar-refractivity contribution in [2.45, 2.75) is 70.7 Å². The van der Waals surface area contributed by atoms with Gasteiger partial charge in [-0.05, 0) is 58.1 Å². The third-order valence-electron chi connectivity index (χ3n) is 6.06. The first-order valence-corrected chi connectivity index (χ1v) is 9.10. The Kier molecular flexibility index (Phi) is 4.77. The van der Waals surface area contributed by atoms with E-state index in [0.717, 1.165) is 18.5 Å². The first kappa shape index (κ1) is 18.1. The SMILES string of the molecule is CCn1c(C)cc(C)c(C(=O)N2CC[C@]3(OC)CC[C@H](O)C[C@H]23)c1=O. The predicted octanol–water partition coefficient (Wildman–Crippen LogP) is 1.63. The van der Waals surface area contributed by atoms with E-state index in [9.17, 15) is 14.7 Å². The summed E-state index contributed by atoms with van der Waals surface area (Å²) in [5.74, 6) is -0.234. The van der Waals surface area contributed by atoms with Gasteiger partial charge in [0.1, 0.15) is 5.56 Å². The van der Waals surface area contributed by atoms with Crippen molar-refractivity contribution in [2.75, 3.05) is 13.7 Å². The summed E-state index contributed by atoms with van der Waals surface area (Å²) in [5, 5.41) is 10.1. The summed E-state index contributed by atoms with van der Waals surface area (Å²) >= 11 is 0. The Hall–Kier alpha value is -1.66. The molecule has 0 spiro atoms. The van der Waals surface area contributed by atoms with E-state index >= 15 is 0 Å². The summed E-state index contributed by atoms with van der Waals surface area (Å²) in [4.78, 5) is 27.9. The van der Waals surface area contributed by atoms with E-state index in [4.69, 9.17) is 4.74 Å². The molecule has 0 aromatic carbocycles. The standard InChI is InChI=1S/C19H28N2O4/c1-5-20-13(3)10-12(2)16(17(20)23)18(24)21-9-8-19(25-4)7-6-14(22)11-15(19)21/h10,14-15,22H,5-9,11H2,1-4H3/t14-,15-,19+/m0/s1. The second-order valence-electron chi connectivity index (χ2n) is 7.35. The molecule has 0 bridgehead atoms. The molecule has 6 nitrogen and oxygen atoms in total. The largest absolute Gasteiger partial charge is 0.393 e. The lowest BCUT2D eigenvalue weighted by Gasteiger charge is -2.42. The molecule has 1 saturated heterocycles. The van der Waals surface area contributed by atoms with Gasteiger partial charge in [-0.2, -0.15) is 0 Å². The molecule has 3 atom stereocenters. The second kappa shape index (κ2) is 6.57. The molecule has 2 fully saturated rings. The molecular weight excluding hydrogens is 320 g/mol. The van der Waals surface area contributed by atoms with Gasteiger partial charge in [-0.1, -0.05) is 0 Å². The maximum Gasteiger partial charge on any atom is 0.263 e. The number of hydrogen-bond donors (Lipinski definition) is 1. The molecule has 1 aliphatic heterocycles. The Balaban J connectivity index is 2.01. The maximum atomic E-state index is 13.3. The van der Waals surface area contributed by atoms with Gasteiger partial charge in [-0.3, -0.25) is 9.59 Å². The van der Waals surface area contributed by atoms with Gasteiger partial charge < -0.3 is 19.3 Å². The molecule has 1 amide bonds. The first-order valence-electron chi connectivity index (χ1n) is 9.10. The highest BCUT2D eigenvalue weighted by Gasteiger charge is 2.52. The Bertz CT molecular complexity index is 742. The highest BCUT2D eigenvalue weighted by atomic mass is 16.5. The maximum absolute atomic E-state index is 13.3. The van der Waals surface area contributed by atoms with Gasteiger partial charge in [0.25, 0.3) is 11.5 Å². The fraction of sp³-hybridized carbons (Fsp3) is 0.684. The highest BCUT2D eigenvalue weighted by Crippen LogP contribution is 2.42. The average Bonchev–Trinajstić information content (AvgIpc) is 2.94. The summed E-state index contributed by atoms with van der Waals surface area (Å²) in [6.07, 6.45) is 2.27. The van der Waals surface area contributed by atoms with E-state index in [1.54, 1.807) is 16.6 Å². The zero-order chi connectivity index (χ0) is 18.4. The normalized spacial score (nSPS) is 28.9. The van der Waals surface area contributed by atoms with Crippen molar-refractivity contribution in [2.24, 2.45) is 0 Å². The van der Waals surface area contributed by atoms with Gasteiger partial charge in [0.2, 0.25) is 0 Å². The fourth-order valence-corrected chi connectivity index (χ4v) is 4.64. The molecule has 0 radical (unpaired) electrons. The monoisotopic (exact) mass is 348 g/mol. The van der Waals surface area contributed by atoms with Gasteiger partial charge in [-0.25, -0.2) is 0 Å².